The minimum atomic E-state index is 0.160. The fraction of sp³-hybridized carbons (Fsp3) is 0.611. The van der Waals surface area contributed by atoms with Crippen LogP contribution in [0.4, 0.5) is 0 Å². The van der Waals surface area contributed by atoms with Crippen LogP contribution in [0, 0.1) is 0 Å². The molecule has 2 heterocycles. The van der Waals surface area contributed by atoms with E-state index < -0.39 is 0 Å². The highest BCUT2D eigenvalue weighted by atomic mass is 16.5. The summed E-state index contributed by atoms with van der Waals surface area (Å²) in [6.07, 6.45) is 10.8. The average molecular weight is 288 g/mol. The summed E-state index contributed by atoms with van der Waals surface area (Å²) in [4.78, 5) is 4.10. The van der Waals surface area contributed by atoms with Crippen LogP contribution in [0.5, 0.6) is 0 Å². The maximum Gasteiger partial charge on any atom is 0.0978 e. The molecular formula is C18H28N2O. The quantitative estimate of drug-likeness (QED) is 0.803. The Kier molecular flexibility index (Phi) is 6.40. The maximum absolute atomic E-state index is 6.02. The van der Waals surface area contributed by atoms with Gasteiger partial charge in [0.2, 0.25) is 0 Å². The summed E-state index contributed by atoms with van der Waals surface area (Å²) in [7, 11) is 0. The van der Waals surface area contributed by atoms with Crippen molar-refractivity contribution in [3.8, 4) is 0 Å². The average Bonchev–Trinajstić information content (AvgIpc) is 2.48. The zero-order valence-electron chi connectivity index (χ0n) is 13.5. The third-order valence-electron chi connectivity index (χ3n) is 4.01. The van der Waals surface area contributed by atoms with Gasteiger partial charge in [-0.1, -0.05) is 11.6 Å². The van der Waals surface area contributed by atoms with Gasteiger partial charge in [-0.3, -0.25) is 4.98 Å². The van der Waals surface area contributed by atoms with E-state index in [4.69, 9.17) is 4.74 Å². The molecule has 1 N–H and O–H groups in total. The predicted molar refractivity (Wildman–Crippen MR) is 87.2 cm³/mol. The molecular weight excluding hydrogens is 260 g/mol. The molecule has 2 rings (SSSR count). The van der Waals surface area contributed by atoms with Crippen molar-refractivity contribution in [2.45, 2.75) is 64.6 Å². The van der Waals surface area contributed by atoms with Crippen LogP contribution in [0.2, 0.25) is 0 Å². The molecule has 116 valence electrons. The molecule has 0 amide bonds. The van der Waals surface area contributed by atoms with Gasteiger partial charge in [-0.05, 0) is 64.2 Å². The summed E-state index contributed by atoms with van der Waals surface area (Å²) in [6.45, 7) is 7.45. The molecule has 0 aliphatic carbocycles. The van der Waals surface area contributed by atoms with Gasteiger partial charge in [-0.2, -0.15) is 0 Å². The van der Waals surface area contributed by atoms with Crippen molar-refractivity contribution in [3.63, 3.8) is 0 Å². The molecule has 0 saturated carbocycles. The Labute approximate surface area is 128 Å². The fourth-order valence-electron chi connectivity index (χ4n) is 2.90. The number of nitrogens with zero attached hydrogens (tertiary/aromatic N) is 1. The van der Waals surface area contributed by atoms with Crippen molar-refractivity contribution in [3.05, 3.63) is 41.7 Å². The smallest absolute Gasteiger partial charge is 0.0978 e. The van der Waals surface area contributed by atoms with Crippen LogP contribution < -0.4 is 5.32 Å². The van der Waals surface area contributed by atoms with Crippen LogP contribution in [-0.4, -0.2) is 23.7 Å². The normalized spacial score (nSPS) is 23.6. The molecule has 3 nitrogen and oxygen atoms in total. The van der Waals surface area contributed by atoms with Crippen molar-refractivity contribution in [1.82, 2.24) is 10.3 Å². The maximum atomic E-state index is 6.02. The van der Waals surface area contributed by atoms with Gasteiger partial charge in [0.25, 0.3) is 0 Å². The lowest BCUT2D eigenvalue weighted by atomic mass is 9.95. The number of hydrogen-bond donors (Lipinski definition) is 1. The minimum Gasteiger partial charge on any atom is -0.372 e. The topological polar surface area (TPSA) is 34.1 Å². The summed E-state index contributed by atoms with van der Waals surface area (Å²) >= 11 is 0. The molecule has 0 spiro atoms. The van der Waals surface area contributed by atoms with Gasteiger partial charge in [0.1, 0.15) is 0 Å². The molecule has 1 aliphatic rings. The molecule has 1 aromatic heterocycles. The van der Waals surface area contributed by atoms with Crippen LogP contribution >= 0.6 is 0 Å². The molecule has 0 bridgehead atoms. The van der Waals surface area contributed by atoms with Crippen molar-refractivity contribution in [2.24, 2.45) is 0 Å². The second-order valence-electron chi connectivity index (χ2n) is 6.25. The largest absolute Gasteiger partial charge is 0.372 e. The summed E-state index contributed by atoms with van der Waals surface area (Å²) in [5, 5.41) is 3.77. The van der Waals surface area contributed by atoms with Gasteiger partial charge < -0.3 is 10.1 Å². The number of hydrogen-bond acceptors (Lipinski definition) is 3. The molecule has 3 atom stereocenters. The number of aromatic nitrogens is 1. The van der Waals surface area contributed by atoms with Crippen LogP contribution in [0.15, 0.2) is 36.2 Å². The molecule has 0 radical (unpaired) electrons. The Morgan fingerprint density at radius 1 is 1.43 bits per heavy atom. The van der Waals surface area contributed by atoms with E-state index in [1.807, 2.05) is 12.4 Å². The lowest BCUT2D eigenvalue weighted by Crippen LogP contribution is -2.43. The van der Waals surface area contributed by atoms with E-state index in [1.165, 1.54) is 24.0 Å². The number of ether oxygens (including phenoxy) is 1. The second-order valence-corrected chi connectivity index (χ2v) is 6.25. The van der Waals surface area contributed by atoms with Crippen molar-refractivity contribution in [1.29, 1.82) is 0 Å². The van der Waals surface area contributed by atoms with E-state index in [9.17, 15) is 0 Å². The molecule has 1 saturated heterocycles. The molecule has 1 unspecified atom stereocenters. The first kappa shape index (κ1) is 16.2. The van der Waals surface area contributed by atoms with Crippen LogP contribution in [0.1, 0.15) is 58.1 Å². The van der Waals surface area contributed by atoms with E-state index in [-0.39, 0.29) is 6.10 Å². The van der Waals surface area contributed by atoms with Crippen molar-refractivity contribution < 1.29 is 4.74 Å². The van der Waals surface area contributed by atoms with E-state index in [0.29, 0.717) is 12.1 Å². The second kappa shape index (κ2) is 8.30. The van der Waals surface area contributed by atoms with E-state index in [1.54, 1.807) is 0 Å². The molecule has 21 heavy (non-hydrogen) atoms. The van der Waals surface area contributed by atoms with Gasteiger partial charge >= 0.3 is 0 Å². The highest BCUT2D eigenvalue weighted by Gasteiger charge is 2.28. The summed E-state index contributed by atoms with van der Waals surface area (Å²) < 4.78 is 6.02. The van der Waals surface area contributed by atoms with E-state index in [0.717, 1.165) is 19.4 Å². The first-order valence-corrected chi connectivity index (χ1v) is 8.07. The van der Waals surface area contributed by atoms with Gasteiger partial charge in [0, 0.05) is 31.1 Å². The molecule has 1 fully saturated rings. The van der Waals surface area contributed by atoms with E-state index >= 15 is 0 Å². The summed E-state index contributed by atoms with van der Waals surface area (Å²) in [5.41, 5.74) is 2.64. The van der Waals surface area contributed by atoms with Gasteiger partial charge in [-0.25, -0.2) is 0 Å². The van der Waals surface area contributed by atoms with Crippen molar-refractivity contribution in [2.75, 3.05) is 6.61 Å². The molecule has 3 heteroatoms. The van der Waals surface area contributed by atoms with Crippen LogP contribution in [0.25, 0.3) is 0 Å². The van der Waals surface area contributed by atoms with Crippen LogP contribution in [-0.2, 0) is 4.74 Å². The molecule has 1 aromatic rings. The minimum absolute atomic E-state index is 0.160. The third kappa shape index (κ3) is 5.25. The number of allylic oxidation sites excluding steroid dienone is 2. The Morgan fingerprint density at radius 2 is 2.19 bits per heavy atom. The number of rotatable bonds is 6. The highest BCUT2D eigenvalue weighted by molar-refractivity contribution is 5.16. The first-order valence-electron chi connectivity index (χ1n) is 8.07. The predicted octanol–water partition coefficient (Wildman–Crippen LogP) is 4.03. The van der Waals surface area contributed by atoms with Crippen molar-refractivity contribution >= 4 is 0 Å². The standard InChI is InChI=1S/C18H28N2O/c1-14(2)6-4-7-15(3)20-17-8-5-13-21-18(17)16-9-11-19-12-10-16/h6,9-12,15,17-18,20H,4-5,7-8,13H2,1-3H3/t15?,17-,18+/m0/s1. The monoisotopic (exact) mass is 288 g/mol. The number of pyridine rings is 1. The Balaban J connectivity index is 1.91. The number of nitrogens with one attached hydrogen (secondary N) is 1. The van der Waals surface area contributed by atoms with Gasteiger partial charge in [0.05, 0.1) is 6.10 Å². The van der Waals surface area contributed by atoms with Crippen LogP contribution in [0.3, 0.4) is 0 Å². The first-order chi connectivity index (χ1) is 10.2. The zero-order chi connectivity index (χ0) is 15.1. The Hall–Kier alpha value is -1.19. The third-order valence-corrected chi connectivity index (χ3v) is 4.01. The lowest BCUT2D eigenvalue weighted by Gasteiger charge is -2.34. The van der Waals surface area contributed by atoms with Gasteiger partial charge in [-0.15, -0.1) is 0 Å². The zero-order valence-corrected chi connectivity index (χ0v) is 13.5. The summed E-state index contributed by atoms with van der Waals surface area (Å²) in [5.74, 6) is 0. The lowest BCUT2D eigenvalue weighted by molar-refractivity contribution is -0.0136. The highest BCUT2D eigenvalue weighted by Crippen LogP contribution is 2.28. The fourth-order valence-corrected chi connectivity index (χ4v) is 2.90. The SMILES string of the molecule is CC(C)=CCCC(C)N[C@H]1CCCO[C@@H]1c1ccncc1. The Morgan fingerprint density at radius 3 is 2.90 bits per heavy atom. The molecule has 1 aliphatic heterocycles. The van der Waals surface area contributed by atoms with Gasteiger partial charge in [0.15, 0.2) is 0 Å². The molecule has 0 aromatic carbocycles. The summed E-state index contributed by atoms with van der Waals surface area (Å²) in [6, 6.07) is 5.05. The Bertz CT molecular complexity index is 440. The van der Waals surface area contributed by atoms with E-state index in [2.05, 4.69) is 49.3 Å².